The maximum Gasteiger partial charge on any atom is 0.213 e. The predicted molar refractivity (Wildman–Crippen MR) is 119 cm³/mol. The van der Waals surface area contributed by atoms with Crippen molar-refractivity contribution < 1.29 is 9.47 Å². The number of anilines is 1. The van der Waals surface area contributed by atoms with Gasteiger partial charge in [0.05, 0.1) is 19.8 Å². The van der Waals surface area contributed by atoms with Gasteiger partial charge in [0.2, 0.25) is 5.88 Å². The lowest BCUT2D eigenvalue weighted by Crippen LogP contribution is -2.22. The first kappa shape index (κ1) is 21.4. The van der Waals surface area contributed by atoms with Gasteiger partial charge in [-0.25, -0.2) is 9.98 Å². The third-order valence-corrected chi connectivity index (χ3v) is 4.23. The van der Waals surface area contributed by atoms with Crippen molar-refractivity contribution in [1.29, 1.82) is 0 Å². The molecule has 0 aliphatic carbocycles. The molecular weight excluding hydrogens is 455 g/mol. The Morgan fingerprint density at radius 2 is 2.22 bits per heavy atom. The van der Waals surface area contributed by atoms with E-state index in [1.807, 2.05) is 24.3 Å². The topological polar surface area (TPSA) is 81.8 Å². The number of rotatable bonds is 6. The summed E-state index contributed by atoms with van der Waals surface area (Å²) >= 11 is 0. The molecule has 1 aromatic heterocycles. The van der Waals surface area contributed by atoms with Gasteiger partial charge in [-0.15, -0.1) is 24.0 Å². The summed E-state index contributed by atoms with van der Waals surface area (Å²) in [6.45, 7) is 6.16. The minimum Gasteiger partial charge on any atom is -0.472 e. The Labute approximate surface area is 177 Å². The lowest BCUT2D eigenvalue weighted by molar-refractivity contribution is 0.138. The average molecular weight is 482 g/mol. The van der Waals surface area contributed by atoms with Crippen LogP contribution >= 0.6 is 24.0 Å². The monoisotopic (exact) mass is 482 g/mol. The number of nitrogens with one attached hydrogen (secondary N) is 1. The molecule has 1 aliphatic rings. The molecule has 0 spiro atoms. The lowest BCUT2D eigenvalue weighted by Gasteiger charge is -2.11. The first-order valence-corrected chi connectivity index (χ1v) is 8.96. The van der Waals surface area contributed by atoms with Gasteiger partial charge >= 0.3 is 0 Å². The molecule has 1 aromatic carbocycles. The molecule has 0 bridgehead atoms. The zero-order chi connectivity index (χ0) is 18.4. The fourth-order valence-electron chi connectivity index (χ4n) is 2.73. The first-order valence-electron chi connectivity index (χ1n) is 8.96. The van der Waals surface area contributed by atoms with Gasteiger partial charge in [0.1, 0.15) is 6.10 Å². The predicted octanol–water partition coefficient (Wildman–Crippen LogP) is 3.92. The van der Waals surface area contributed by atoms with Gasteiger partial charge in [0.25, 0.3) is 0 Å². The van der Waals surface area contributed by atoms with Crippen LogP contribution in [0.15, 0.2) is 47.6 Å². The number of aromatic nitrogens is 1. The van der Waals surface area contributed by atoms with E-state index < -0.39 is 0 Å². The highest BCUT2D eigenvalue weighted by molar-refractivity contribution is 14.0. The standard InChI is InChI=1S/C20H26N4O2.HI/c1-14(2)16-4-3-5-17(11-16)24-20(21)23-12-15-6-8-22-19(10-15)26-18-7-9-25-13-18;/h3-6,8,10-11,14,18H,7,9,12-13H2,1-2H3,(H3,21,23,24);1H. The maximum absolute atomic E-state index is 6.03. The summed E-state index contributed by atoms with van der Waals surface area (Å²) in [7, 11) is 0. The highest BCUT2D eigenvalue weighted by Crippen LogP contribution is 2.19. The Balaban J connectivity index is 0.00000261. The fourth-order valence-corrected chi connectivity index (χ4v) is 2.73. The van der Waals surface area contributed by atoms with E-state index in [-0.39, 0.29) is 30.1 Å². The minimum atomic E-state index is 0. The van der Waals surface area contributed by atoms with Gasteiger partial charge in [-0.3, -0.25) is 0 Å². The van der Waals surface area contributed by atoms with Crippen molar-refractivity contribution in [3.8, 4) is 5.88 Å². The van der Waals surface area contributed by atoms with Gasteiger partial charge < -0.3 is 20.5 Å². The van der Waals surface area contributed by atoms with Crippen molar-refractivity contribution in [2.45, 2.75) is 38.8 Å². The molecule has 1 fully saturated rings. The summed E-state index contributed by atoms with van der Waals surface area (Å²) in [5, 5.41) is 3.15. The van der Waals surface area contributed by atoms with Crippen molar-refractivity contribution in [2.75, 3.05) is 18.5 Å². The quantitative estimate of drug-likeness (QED) is 0.371. The summed E-state index contributed by atoms with van der Waals surface area (Å²) in [6, 6.07) is 12.0. The summed E-state index contributed by atoms with van der Waals surface area (Å²) in [6.07, 6.45) is 2.71. The Hall–Kier alpha value is -1.87. The van der Waals surface area contributed by atoms with Crippen LogP contribution in [0, 0.1) is 0 Å². The van der Waals surface area contributed by atoms with E-state index in [9.17, 15) is 0 Å². The van der Waals surface area contributed by atoms with E-state index in [1.165, 1.54) is 5.56 Å². The summed E-state index contributed by atoms with van der Waals surface area (Å²) in [4.78, 5) is 8.66. The molecular formula is C20H27IN4O2. The first-order chi connectivity index (χ1) is 12.6. The van der Waals surface area contributed by atoms with E-state index in [2.05, 4.69) is 41.3 Å². The second kappa shape index (κ2) is 10.5. The normalized spacial score (nSPS) is 16.9. The molecule has 3 N–H and O–H groups in total. The van der Waals surface area contributed by atoms with Crippen LogP contribution < -0.4 is 15.8 Å². The molecule has 1 aliphatic heterocycles. The number of hydrogen-bond acceptors (Lipinski definition) is 4. The zero-order valence-electron chi connectivity index (χ0n) is 15.7. The molecule has 0 saturated carbocycles. The molecule has 1 saturated heterocycles. The van der Waals surface area contributed by atoms with Crippen LogP contribution in [-0.2, 0) is 11.3 Å². The molecule has 6 nitrogen and oxygen atoms in total. The summed E-state index contributed by atoms with van der Waals surface area (Å²) in [5.41, 5.74) is 9.22. The highest BCUT2D eigenvalue weighted by atomic mass is 127. The van der Waals surface area contributed by atoms with E-state index >= 15 is 0 Å². The number of nitrogens with zero attached hydrogens (tertiary/aromatic N) is 2. The Kier molecular flexibility index (Phi) is 8.30. The van der Waals surface area contributed by atoms with Crippen LogP contribution in [0.3, 0.4) is 0 Å². The van der Waals surface area contributed by atoms with E-state index in [0.29, 0.717) is 30.9 Å². The number of hydrogen-bond donors (Lipinski definition) is 2. The molecule has 1 atom stereocenters. The van der Waals surface area contributed by atoms with E-state index in [0.717, 1.165) is 24.3 Å². The molecule has 0 radical (unpaired) electrons. The van der Waals surface area contributed by atoms with Crippen molar-refractivity contribution in [2.24, 2.45) is 10.7 Å². The molecule has 7 heteroatoms. The minimum absolute atomic E-state index is 0. The molecule has 2 heterocycles. The van der Waals surface area contributed by atoms with Crippen molar-refractivity contribution in [3.63, 3.8) is 0 Å². The van der Waals surface area contributed by atoms with Crippen molar-refractivity contribution in [3.05, 3.63) is 53.7 Å². The Morgan fingerprint density at radius 3 is 2.96 bits per heavy atom. The Bertz CT molecular complexity index is 761. The summed E-state index contributed by atoms with van der Waals surface area (Å²) in [5.74, 6) is 1.45. The van der Waals surface area contributed by atoms with Crippen LogP contribution in [0.2, 0.25) is 0 Å². The van der Waals surface area contributed by atoms with Crippen LogP contribution in [0.4, 0.5) is 5.69 Å². The van der Waals surface area contributed by atoms with Crippen LogP contribution in [0.25, 0.3) is 0 Å². The third-order valence-electron chi connectivity index (χ3n) is 4.23. The molecule has 2 aromatic rings. The summed E-state index contributed by atoms with van der Waals surface area (Å²) < 4.78 is 11.1. The average Bonchev–Trinajstić information content (AvgIpc) is 3.13. The smallest absolute Gasteiger partial charge is 0.213 e. The van der Waals surface area contributed by atoms with Crippen molar-refractivity contribution in [1.82, 2.24) is 4.98 Å². The van der Waals surface area contributed by atoms with Crippen LogP contribution in [-0.4, -0.2) is 30.3 Å². The van der Waals surface area contributed by atoms with Crippen LogP contribution in [0.1, 0.15) is 37.3 Å². The number of benzene rings is 1. The number of guanidine groups is 1. The van der Waals surface area contributed by atoms with Gasteiger partial charge in [0, 0.05) is 24.4 Å². The fraction of sp³-hybridized carbons (Fsp3) is 0.400. The van der Waals surface area contributed by atoms with Gasteiger partial charge in [0.15, 0.2) is 5.96 Å². The van der Waals surface area contributed by atoms with Crippen LogP contribution in [0.5, 0.6) is 5.88 Å². The van der Waals surface area contributed by atoms with Gasteiger partial charge in [-0.05, 0) is 35.2 Å². The van der Waals surface area contributed by atoms with E-state index in [4.69, 9.17) is 15.2 Å². The molecule has 3 rings (SSSR count). The third kappa shape index (κ3) is 6.66. The number of ether oxygens (including phenoxy) is 2. The largest absolute Gasteiger partial charge is 0.472 e. The number of nitrogens with two attached hydrogens (primary N) is 1. The molecule has 27 heavy (non-hydrogen) atoms. The number of aliphatic imine (C=N–C) groups is 1. The molecule has 146 valence electrons. The highest BCUT2D eigenvalue weighted by Gasteiger charge is 2.17. The second-order valence-electron chi connectivity index (χ2n) is 6.71. The molecule has 0 amide bonds. The lowest BCUT2D eigenvalue weighted by atomic mass is 10.0. The SMILES string of the molecule is CC(C)c1cccc(NC(N)=NCc2ccnc(OC3CCOC3)c2)c1.I. The molecule has 1 unspecified atom stereocenters. The second-order valence-corrected chi connectivity index (χ2v) is 6.71. The number of halogens is 1. The number of pyridine rings is 1. The van der Waals surface area contributed by atoms with E-state index in [1.54, 1.807) is 6.20 Å². The van der Waals surface area contributed by atoms with Crippen molar-refractivity contribution >= 4 is 35.6 Å². The maximum atomic E-state index is 6.03. The zero-order valence-corrected chi connectivity index (χ0v) is 18.1. The van der Waals surface area contributed by atoms with Gasteiger partial charge in [-0.1, -0.05) is 26.0 Å². The Morgan fingerprint density at radius 1 is 1.37 bits per heavy atom. The van der Waals surface area contributed by atoms with Gasteiger partial charge in [-0.2, -0.15) is 0 Å².